The van der Waals surface area contributed by atoms with Crippen LogP contribution in [0.5, 0.6) is 0 Å². The molecule has 2 N–H and O–H groups in total. The molecule has 2 heterocycles. The standard InChI is InChI=1S/C20H14FN3O3S/c21-17-7-2-1-6-15(17)19(25)16-11-22-20-14(16)8-9-18(24-20)23-12-4-3-5-13(10-12)28(26)27/h1-11H,(H,26,27)(H2,22,23,24)/p-1. The molecule has 2 aromatic heterocycles. The zero-order chi connectivity index (χ0) is 19.7. The molecule has 0 saturated carbocycles. The zero-order valence-corrected chi connectivity index (χ0v) is 15.1. The van der Waals surface area contributed by atoms with E-state index in [-0.39, 0.29) is 10.5 Å². The number of anilines is 2. The van der Waals surface area contributed by atoms with E-state index in [2.05, 4.69) is 15.3 Å². The van der Waals surface area contributed by atoms with Gasteiger partial charge in [0.25, 0.3) is 0 Å². The molecule has 0 aliphatic heterocycles. The van der Waals surface area contributed by atoms with E-state index in [4.69, 9.17) is 0 Å². The number of aromatic amines is 1. The van der Waals surface area contributed by atoms with E-state index < -0.39 is 22.7 Å². The van der Waals surface area contributed by atoms with Gasteiger partial charge in [0.15, 0.2) is 5.78 Å². The lowest BCUT2D eigenvalue weighted by molar-refractivity contribution is 0.103. The van der Waals surface area contributed by atoms with E-state index in [1.165, 1.54) is 36.5 Å². The Labute approximate surface area is 161 Å². The number of aromatic nitrogens is 2. The third-order valence-corrected chi connectivity index (χ3v) is 4.84. The lowest BCUT2D eigenvalue weighted by Gasteiger charge is -2.09. The van der Waals surface area contributed by atoms with Crippen LogP contribution in [0.3, 0.4) is 0 Å². The number of pyridine rings is 1. The maximum Gasteiger partial charge on any atom is 0.198 e. The molecule has 0 saturated heterocycles. The SMILES string of the molecule is O=C(c1ccccc1F)c1c[nH]c2nc(Nc3cccc(S(=O)[O-])c3)ccc12. The Bertz CT molecular complexity index is 1220. The summed E-state index contributed by atoms with van der Waals surface area (Å²) in [6, 6.07) is 15.5. The van der Waals surface area contributed by atoms with Crippen molar-refractivity contribution >= 4 is 39.4 Å². The van der Waals surface area contributed by atoms with Crippen molar-refractivity contribution in [2.45, 2.75) is 4.90 Å². The van der Waals surface area contributed by atoms with Crippen LogP contribution in [0.25, 0.3) is 11.0 Å². The van der Waals surface area contributed by atoms with Gasteiger partial charge in [0.1, 0.15) is 17.3 Å². The van der Waals surface area contributed by atoms with Crippen LogP contribution in [-0.4, -0.2) is 24.5 Å². The lowest BCUT2D eigenvalue weighted by atomic mass is 10.0. The summed E-state index contributed by atoms with van der Waals surface area (Å²) in [6.07, 6.45) is 1.50. The van der Waals surface area contributed by atoms with Gasteiger partial charge >= 0.3 is 0 Å². The second kappa shape index (κ2) is 7.34. The molecule has 2 aromatic carbocycles. The first kappa shape index (κ1) is 18.0. The van der Waals surface area contributed by atoms with Crippen molar-refractivity contribution in [3.05, 3.63) is 83.8 Å². The molecular weight excluding hydrogens is 381 g/mol. The maximum atomic E-state index is 13.9. The summed E-state index contributed by atoms with van der Waals surface area (Å²) >= 11 is -2.33. The van der Waals surface area contributed by atoms with Crippen molar-refractivity contribution < 1.29 is 17.9 Å². The first-order chi connectivity index (χ1) is 13.5. The third-order valence-electron chi connectivity index (χ3n) is 4.20. The number of halogens is 1. The molecule has 0 fully saturated rings. The van der Waals surface area contributed by atoms with Crippen LogP contribution in [0.1, 0.15) is 15.9 Å². The fourth-order valence-corrected chi connectivity index (χ4v) is 3.29. The van der Waals surface area contributed by atoms with Gasteiger partial charge < -0.3 is 14.9 Å². The van der Waals surface area contributed by atoms with Gasteiger partial charge in [-0.15, -0.1) is 0 Å². The number of fused-ring (bicyclic) bond motifs is 1. The molecule has 28 heavy (non-hydrogen) atoms. The molecule has 0 bridgehead atoms. The molecule has 8 heteroatoms. The molecular formula is C20H13FN3O3S-. The zero-order valence-electron chi connectivity index (χ0n) is 14.3. The first-order valence-corrected chi connectivity index (χ1v) is 9.34. The normalized spacial score (nSPS) is 12.1. The Morgan fingerprint density at radius 2 is 1.89 bits per heavy atom. The minimum atomic E-state index is -2.33. The first-order valence-electron chi connectivity index (χ1n) is 8.26. The van der Waals surface area contributed by atoms with Gasteiger partial charge in [0, 0.05) is 27.7 Å². The largest absolute Gasteiger partial charge is 0.768 e. The highest BCUT2D eigenvalue weighted by Crippen LogP contribution is 2.24. The topological polar surface area (TPSA) is 97.9 Å². The number of hydrogen-bond donors (Lipinski definition) is 2. The van der Waals surface area contributed by atoms with E-state index in [1.54, 1.807) is 30.3 Å². The van der Waals surface area contributed by atoms with E-state index in [1.807, 2.05) is 0 Å². The summed E-state index contributed by atoms with van der Waals surface area (Å²) in [5.74, 6) is -0.547. The molecule has 4 aromatic rings. The summed E-state index contributed by atoms with van der Waals surface area (Å²) in [5, 5.41) is 3.58. The van der Waals surface area contributed by atoms with Crippen LogP contribution < -0.4 is 5.32 Å². The van der Waals surface area contributed by atoms with E-state index >= 15 is 0 Å². The summed E-state index contributed by atoms with van der Waals surface area (Å²) in [6.45, 7) is 0. The second-order valence-corrected chi connectivity index (χ2v) is 6.93. The van der Waals surface area contributed by atoms with Gasteiger partial charge in [0.05, 0.1) is 5.56 Å². The van der Waals surface area contributed by atoms with Crippen molar-refractivity contribution in [2.75, 3.05) is 5.32 Å². The van der Waals surface area contributed by atoms with Crippen molar-refractivity contribution in [1.82, 2.24) is 9.97 Å². The predicted molar refractivity (Wildman–Crippen MR) is 103 cm³/mol. The van der Waals surface area contributed by atoms with Crippen LogP contribution in [0.4, 0.5) is 15.9 Å². The van der Waals surface area contributed by atoms with Gasteiger partial charge in [-0.2, -0.15) is 0 Å². The Kier molecular flexibility index (Phi) is 4.72. The molecule has 1 unspecified atom stereocenters. The van der Waals surface area contributed by atoms with E-state index in [0.717, 1.165) is 0 Å². The van der Waals surface area contributed by atoms with Crippen LogP contribution in [0.15, 0.2) is 71.8 Å². The highest BCUT2D eigenvalue weighted by Gasteiger charge is 2.18. The number of ketones is 1. The van der Waals surface area contributed by atoms with Crippen LogP contribution in [-0.2, 0) is 11.1 Å². The van der Waals surface area contributed by atoms with Gasteiger partial charge in [-0.1, -0.05) is 18.2 Å². The lowest BCUT2D eigenvalue weighted by Crippen LogP contribution is -2.03. The highest BCUT2D eigenvalue weighted by molar-refractivity contribution is 7.79. The molecule has 140 valence electrons. The van der Waals surface area contributed by atoms with Gasteiger partial charge in [0.2, 0.25) is 0 Å². The quantitative estimate of drug-likeness (QED) is 0.395. The van der Waals surface area contributed by atoms with Crippen LogP contribution in [0, 0.1) is 5.82 Å². The molecule has 0 radical (unpaired) electrons. The minimum Gasteiger partial charge on any atom is -0.768 e. The second-order valence-electron chi connectivity index (χ2n) is 5.99. The number of nitrogens with one attached hydrogen (secondary N) is 2. The van der Waals surface area contributed by atoms with Gasteiger partial charge in [-0.05, 0) is 53.5 Å². The molecule has 6 nitrogen and oxygen atoms in total. The van der Waals surface area contributed by atoms with Gasteiger partial charge in [-0.25, -0.2) is 9.37 Å². The summed E-state index contributed by atoms with van der Waals surface area (Å²) in [5.41, 5.74) is 1.33. The Morgan fingerprint density at radius 3 is 2.68 bits per heavy atom. The van der Waals surface area contributed by atoms with Crippen LogP contribution in [0.2, 0.25) is 0 Å². The maximum absolute atomic E-state index is 13.9. The average molecular weight is 394 g/mol. The molecule has 0 spiro atoms. The average Bonchev–Trinajstić information content (AvgIpc) is 3.11. The number of rotatable bonds is 5. The molecule has 1 atom stereocenters. The Morgan fingerprint density at radius 1 is 1.07 bits per heavy atom. The number of H-pyrrole nitrogens is 1. The van der Waals surface area contributed by atoms with Gasteiger partial charge in [-0.3, -0.25) is 9.00 Å². The molecule has 4 rings (SSSR count). The molecule has 0 amide bonds. The number of nitrogens with zero attached hydrogens (tertiary/aromatic N) is 1. The molecule has 0 aliphatic carbocycles. The fourth-order valence-electron chi connectivity index (χ4n) is 2.88. The molecule has 0 aliphatic rings. The van der Waals surface area contributed by atoms with Crippen molar-refractivity contribution in [1.29, 1.82) is 0 Å². The Hall–Kier alpha value is -3.36. The van der Waals surface area contributed by atoms with Crippen LogP contribution >= 0.6 is 0 Å². The van der Waals surface area contributed by atoms with Crippen molar-refractivity contribution in [3.63, 3.8) is 0 Å². The number of carbonyl (C=O) groups is 1. The van der Waals surface area contributed by atoms with E-state index in [9.17, 15) is 17.9 Å². The highest BCUT2D eigenvalue weighted by atomic mass is 32.2. The Balaban J connectivity index is 1.65. The third kappa shape index (κ3) is 3.42. The number of hydrogen-bond acceptors (Lipinski definition) is 5. The number of benzene rings is 2. The summed E-state index contributed by atoms with van der Waals surface area (Å²) < 4.78 is 36.1. The predicted octanol–water partition coefficient (Wildman–Crippen LogP) is 3.91. The minimum absolute atomic E-state index is 0.00645. The van der Waals surface area contributed by atoms with Crippen molar-refractivity contribution in [3.8, 4) is 0 Å². The summed E-state index contributed by atoms with van der Waals surface area (Å²) in [7, 11) is 0. The van der Waals surface area contributed by atoms with Crippen molar-refractivity contribution in [2.24, 2.45) is 0 Å². The smallest absolute Gasteiger partial charge is 0.198 e. The monoisotopic (exact) mass is 394 g/mol. The summed E-state index contributed by atoms with van der Waals surface area (Å²) in [4.78, 5) is 20.1. The van der Waals surface area contributed by atoms with E-state index in [0.29, 0.717) is 28.1 Å². The number of carbonyl (C=O) groups excluding carboxylic acids is 1. The fraction of sp³-hybridized carbons (Fsp3) is 0.